The fourth-order valence-electron chi connectivity index (χ4n) is 1.48. The molecule has 2 aromatic heterocycles. The van der Waals surface area contributed by atoms with Gasteiger partial charge >= 0.3 is 0 Å². The number of fused-ring (bicyclic) bond motifs is 1. The van der Waals surface area contributed by atoms with Crippen molar-refractivity contribution in [1.82, 2.24) is 4.98 Å². The SMILES string of the molecule is CCC(CO)Nc1nccc2occc12. The number of furan rings is 1. The average Bonchev–Trinajstić information content (AvgIpc) is 2.74. The van der Waals surface area contributed by atoms with Gasteiger partial charge in [-0.25, -0.2) is 4.98 Å². The molecule has 80 valence electrons. The van der Waals surface area contributed by atoms with Crippen molar-refractivity contribution in [2.24, 2.45) is 0 Å². The largest absolute Gasteiger partial charge is 0.464 e. The van der Waals surface area contributed by atoms with E-state index in [0.717, 1.165) is 23.2 Å². The number of hydrogen-bond donors (Lipinski definition) is 2. The second-order valence-corrected chi connectivity index (χ2v) is 3.42. The van der Waals surface area contributed by atoms with Crippen LogP contribution in [0.15, 0.2) is 29.0 Å². The topological polar surface area (TPSA) is 58.3 Å². The Hall–Kier alpha value is -1.55. The van der Waals surface area contributed by atoms with Crippen molar-refractivity contribution in [3.63, 3.8) is 0 Å². The number of nitrogens with one attached hydrogen (secondary N) is 1. The minimum Gasteiger partial charge on any atom is -0.464 e. The smallest absolute Gasteiger partial charge is 0.139 e. The molecule has 4 nitrogen and oxygen atoms in total. The van der Waals surface area contributed by atoms with Gasteiger partial charge in [0, 0.05) is 6.20 Å². The highest BCUT2D eigenvalue weighted by Crippen LogP contribution is 2.22. The highest BCUT2D eigenvalue weighted by molar-refractivity contribution is 5.87. The van der Waals surface area contributed by atoms with E-state index in [1.54, 1.807) is 12.5 Å². The van der Waals surface area contributed by atoms with Crippen LogP contribution in [0.3, 0.4) is 0 Å². The summed E-state index contributed by atoms with van der Waals surface area (Å²) in [6.07, 6.45) is 4.18. The molecule has 1 atom stereocenters. The van der Waals surface area contributed by atoms with Crippen LogP contribution in [0.25, 0.3) is 11.0 Å². The van der Waals surface area contributed by atoms with Crippen LogP contribution in [-0.4, -0.2) is 22.7 Å². The van der Waals surface area contributed by atoms with Gasteiger partial charge in [0.1, 0.15) is 11.4 Å². The van der Waals surface area contributed by atoms with E-state index in [0.29, 0.717) is 0 Å². The first-order chi connectivity index (χ1) is 7.35. The van der Waals surface area contributed by atoms with Gasteiger partial charge in [-0.2, -0.15) is 0 Å². The standard InChI is InChI=1S/C11H14N2O2/c1-2-8(7-14)13-11-9-4-6-15-10(9)3-5-12-11/h3-6,8,14H,2,7H2,1H3,(H,12,13). The van der Waals surface area contributed by atoms with Crippen LogP contribution >= 0.6 is 0 Å². The molecule has 0 aromatic carbocycles. The van der Waals surface area contributed by atoms with E-state index in [9.17, 15) is 0 Å². The van der Waals surface area contributed by atoms with E-state index in [2.05, 4.69) is 10.3 Å². The minimum absolute atomic E-state index is 0.0398. The maximum absolute atomic E-state index is 9.10. The maximum Gasteiger partial charge on any atom is 0.139 e. The molecule has 0 aliphatic carbocycles. The number of rotatable bonds is 4. The number of anilines is 1. The highest BCUT2D eigenvalue weighted by Gasteiger charge is 2.09. The zero-order valence-corrected chi connectivity index (χ0v) is 8.60. The number of hydrogen-bond acceptors (Lipinski definition) is 4. The first-order valence-corrected chi connectivity index (χ1v) is 5.04. The number of nitrogens with zero attached hydrogens (tertiary/aromatic N) is 1. The predicted octanol–water partition coefficient (Wildman–Crippen LogP) is 2.01. The molecular formula is C11H14N2O2. The molecule has 2 rings (SSSR count). The lowest BCUT2D eigenvalue weighted by molar-refractivity contribution is 0.271. The van der Waals surface area contributed by atoms with E-state index >= 15 is 0 Å². The molecule has 0 spiro atoms. The predicted molar refractivity (Wildman–Crippen MR) is 58.8 cm³/mol. The Balaban J connectivity index is 2.30. The first-order valence-electron chi connectivity index (χ1n) is 5.04. The summed E-state index contributed by atoms with van der Waals surface area (Å²) in [5.74, 6) is 0.766. The van der Waals surface area contributed by atoms with Crippen LogP contribution in [0.5, 0.6) is 0 Å². The molecule has 2 heterocycles. The summed E-state index contributed by atoms with van der Waals surface area (Å²) in [6, 6.07) is 3.73. The number of aliphatic hydroxyl groups excluding tert-OH is 1. The van der Waals surface area contributed by atoms with E-state index in [1.807, 2.05) is 19.1 Å². The molecule has 15 heavy (non-hydrogen) atoms. The lowest BCUT2D eigenvalue weighted by Crippen LogP contribution is -2.23. The first kappa shape index (κ1) is 9.98. The van der Waals surface area contributed by atoms with Gasteiger partial charge in [-0.3, -0.25) is 0 Å². The summed E-state index contributed by atoms with van der Waals surface area (Å²) in [4.78, 5) is 4.23. The number of aliphatic hydroxyl groups is 1. The summed E-state index contributed by atoms with van der Waals surface area (Å²) in [5.41, 5.74) is 0.806. The molecule has 0 radical (unpaired) electrons. The Morgan fingerprint density at radius 2 is 2.40 bits per heavy atom. The van der Waals surface area contributed by atoms with E-state index in [-0.39, 0.29) is 12.6 Å². The van der Waals surface area contributed by atoms with Gasteiger partial charge in [-0.05, 0) is 18.6 Å². The molecular weight excluding hydrogens is 192 g/mol. The van der Waals surface area contributed by atoms with Gasteiger partial charge in [0.2, 0.25) is 0 Å². The van der Waals surface area contributed by atoms with Crippen molar-refractivity contribution >= 4 is 16.8 Å². The molecule has 0 fully saturated rings. The summed E-state index contributed by atoms with van der Waals surface area (Å²) in [5, 5.41) is 13.2. The van der Waals surface area contributed by atoms with Crippen molar-refractivity contribution < 1.29 is 9.52 Å². The highest BCUT2D eigenvalue weighted by atomic mass is 16.3. The van der Waals surface area contributed by atoms with Crippen molar-refractivity contribution in [2.75, 3.05) is 11.9 Å². The van der Waals surface area contributed by atoms with Crippen molar-refractivity contribution in [1.29, 1.82) is 0 Å². The Labute approximate surface area is 87.9 Å². The third kappa shape index (κ3) is 1.94. The lowest BCUT2D eigenvalue weighted by atomic mass is 10.2. The second-order valence-electron chi connectivity index (χ2n) is 3.42. The molecule has 2 N–H and O–H groups in total. The summed E-state index contributed by atoms with van der Waals surface area (Å²) >= 11 is 0. The molecule has 4 heteroatoms. The van der Waals surface area contributed by atoms with Crippen LogP contribution < -0.4 is 5.32 Å². The normalized spacial score (nSPS) is 12.9. The van der Waals surface area contributed by atoms with Gasteiger partial charge in [0.15, 0.2) is 0 Å². The molecule has 0 aliphatic heterocycles. The van der Waals surface area contributed by atoms with Crippen LogP contribution in [0.2, 0.25) is 0 Å². The average molecular weight is 206 g/mol. The number of pyridine rings is 1. The Morgan fingerprint density at radius 1 is 1.53 bits per heavy atom. The zero-order chi connectivity index (χ0) is 10.7. The van der Waals surface area contributed by atoms with Crippen LogP contribution in [0.4, 0.5) is 5.82 Å². The Bertz CT molecular complexity index is 435. The summed E-state index contributed by atoms with van der Waals surface area (Å²) in [6.45, 7) is 2.12. The van der Waals surface area contributed by atoms with Crippen molar-refractivity contribution in [3.05, 3.63) is 24.6 Å². The summed E-state index contributed by atoms with van der Waals surface area (Å²) < 4.78 is 5.26. The third-order valence-electron chi connectivity index (χ3n) is 2.43. The van der Waals surface area contributed by atoms with Crippen molar-refractivity contribution in [3.8, 4) is 0 Å². The molecule has 2 aromatic rings. The van der Waals surface area contributed by atoms with Gasteiger partial charge < -0.3 is 14.8 Å². The van der Waals surface area contributed by atoms with Gasteiger partial charge in [-0.1, -0.05) is 6.92 Å². The Morgan fingerprint density at radius 3 is 3.13 bits per heavy atom. The molecule has 0 saturated heterocycles. The molecule has 0 bridgehead atoms. The number of aromatic nitrogens is 1. The second kappa shape index (κ2) is 4.31. The monoisotopic (exact) mass is 206 g/mol. The quantitative estimate of drug-likeness (QED) is 0.803. The van der Waals surface area contributed by atoms with Crippen LogP contribution in [0.1, 0.15) is 13.3 Å². The Kier molecular flexibility index (Phi) is 2.87. The molecule has 1 unspecified atom stereocenters. The fourth-order valence-corrected chi connectivity index (χ4v) is 1.48. The third-order valence-corrected chi connectivity index (χ3v) is 2.43. The van der Waals surface area contributed by atoms with Crippen molar-refractivity contribution in [2.45, 2.75) is 19.4 Å². The van der Waals surface area contributed by atoms with E-state index in [4.69, 9.17) is 9.52 Å². The van der Waals surface area contributed by atoms with Gasteiger partial charge in [0.25, 0.3) is 0 Å². The molecule has 0 saturated carbocycles. The van der Waals surface area contributed by atoms with E-state index in [1.165, 1.54) is 0 Å². The maximum atomic E-state index is 9.10. The van der Waals surface area contributed by atoms with E-state index < -0.39 is 0 Å². The van der Waals surface area contributed by atoms with Gasteiger partial charge in [-0.15, -0.1) is 0 Å². The molecule has 0 aliphatic rings. The molecule has 0 amide bonds. The summed E-state index contributed by atoms with van der Waals surface area (Å²) in [7, 11) is 0. The fraction of sp³-hybridized carbons (Fsp3) is 0.364. The van der Waals surface area contributed by atoms with Crippen LogP contribution in [0, 0.1) is 0 Å². The minimum atomic E-state index is 0.0398. The van der Waals surface area contributed by atoms with Gasteiger partial charge in [0.05, 0.1) is 24.3 Å². The zero-order valence-electron chi connectivity index (χ0n) is 8.60. The van der Waals surface area contributed by atoms with Crippen LogP contribution in [-0.2, 0) is 0 Å². The lowest BCUT2D eigenvalue weighted by Gasteiger charge is -2.14.